The number of phenols is 1. The van der Waals surface area contributed by atoms with E-state index in [0.29, 0.717) is 16.7 Å². The minimum absolute atomic E-state index is 0.201. The molecule has 5 heteroatoms. The number of hydrogen-bond donors (Lipinski definition) is 3. The average Bonchev–Trinajstić information content (AvgIpc) is 2.59. The molecule has 0 saturated heterocycles. The molecule has 0 radical (unpaired) electrons. The molecule has 0 aliphatic rings. The number of benzene rings is 2. The number of rotatable bonds is 5. The van der Waals surface area contributed by atoms with Crippen LogP contribution in [0.5, 0.6) is 5.75 Å². The lowest BCUT2D eigenvalue weighted by Crippen LogP contribution is -2.31. The molecule has 156 valence electrons. The fraction of sp³-hybridized carbons (Fsp3) is 0.417. The van der Waals surface area contributed by atoms with Crippen LogP contribution in [0.15, 0.2) is 42.5 Å². The van der Waals surface area contributed by atoms with Crippen LogP contribution in [0.1, 0.15) is 81.1 Å². The molecule has 2 rings (SSSR count). The second-order valence-corrected chi connectivity index (χ2v) is 9.45. The molecule has 5 nitrogen and oxygen atoms in total. The molecular weight excluding hydrogens is 366 g/mol. The predicted molar refractivity (Wildman–Crippen MR) is 114 cm³/mol. The number of carbonyl (C=O) groups is 2. The molecule has 1 unspecified atom stereocenters. The van der Waals surface area contributed by atoms with E-state index in [-0.39, 0.29) is 28.9 Å². The van der Waals surface area contributed by atoms with Crippen molar-refractivity contribution in [1.82, 2.24) is 5.32 Å². The van der Waals surface area contributed by atoms with Gasteiger partial charge in [0.2, 0.25) is 0 Å². The Balaban J connectivity index is 2.49. The summed E-state index contributed by atoms with van der Waals surface area (Å²) < 4.78 is 0. The summed E-state index contributed by atoms with van der Waals surface area (Å²) in [6, 6.07) is 11.8. The third-order valence-corrected chi connectivity index (χ3v) is 4.87. The monoisotopic (exact) mass is 397 g/mol. The molecule has 29 heavy (non-hydrogen) atoms. The van der Waals surface area contributed by atoms with E-state index in [9.17, 15) is 19.8 Å². The lowest BCUT2D eigenvalue weighted by atomic mass is 9.78. The molecule has 2 aromatic carbocycles. The first-order valence-electron chi connectivity index (χ1n) is 9.76. The predicted octanol–water partition coefficient (Wildman–Crippen LogP) is 4.93. The number of nitrogens with one attached hydrogen (secondary N) is 1. The van der Waals surface area contributed by atoms with Gasteiger partial charge in [-0.3, -0.25) is 9.59 Å². The van der Waals surface area contributed by atoms with E-state index in [4.69, 9.17) is 0 Å². The highest BCUT2D eigenvalue weighted by Crippen LogP contribution is 2.39. The van der Waals surface area contributed by atoms with Gasteiger partial charge in [-0.1, -0.05) is 71.9 Å². The first-order valence-corrected chi connectivity index (χ1v) is 9.76. The van der Waals surface area contributed by atoms with Crippen LogP contribution in [-0.2, 0) is 15.6 Å². The first kappa shape index (κ1) is 22.5. The second-order valence-electron chi connectivity index (χ2n) is 9.45. The highest BCUT2D eigenvalue weighted by atomic mass is 16.4. The van der Waals surface area contributed by atoms with Crippen molar-refractivity contribution in [2.75, 3.05) is 0 Å². The Kier molecular flexibility index (Phi) is 6.41. The van der Waals surface area contributed by atoms with Gasteiger partial charge in [-0.15, -0.1) is 0 Å². The summed E-state index contributed by atoms with van der Waals surface area (Å²) in [5, 5.41) is 23.0. The summed E-state index contributed by atoms with van der Waals surface area (Å²) in [5.41, 5.74) is 1.79. The van der Waals surface area contributed by atoms with Gasteiger partial charge in [0, 0.05) is 16.7 Å². The van der Waals surface area contributed by atoms with Crippen molar-refractivity contribution in [1.29, 1.82) is 0 Å². The lowest BCUT2D eigenvalue weighted by Gasteiger charge is -2.28. The van der Waals surface area contributed by atoms with Crippen molar-refractivity contribution < 1.29 is 19.8 Å². The number of phenolic OH excluding ortho intramolecular Hbond substituents is 1. The van der Waals surface area contributed by atoms with Crippen LogP contribution in [0.2, 0.25) is 0 Å². The van der Waals surface area contributed by atoms with Crippen molar-refractivity contribution in [2.24, 2.45) is 0 Å². The van der Waals surface area contributed by atoms with E-state index < -0.39 is 12.0 Å². The van der Waals surface area contributed by atoms with E-state index >= 15 is 0 Å². The van der Waals surface area contributed by atoms with Crippen molar-refractivity contribution in [3.05, 3.63) is 64.7 Å². The molecule has 1 amide bonds. The van der Waals surface area contributed by atoms with Gasteiger partial charge in [0.05, 0.1) is 12.5 Å². The maximum atomic E-state index is 13.1. The summed E-state index contributed by atoms with van der Waals surface area (Å²) in [7, 11) is 0. The zero-order valence-corrected chi connectivity index (χ0v) is 18.0. The van der Waals surface area contributed by atoms with Gasteiger partial charge in [-0.2, -0.15) is 0 Å². The van der Waals surface area contributed by atoms with Crippen LogP contribution in [0.3, 0.4) is 0 Å². The zero-order valence-electron chi connectivity index (χ0n) is 18.0. The number of carboxylic acid groups (broad SMARTS) is 1. The minimum Gasteiger partial charge on any atom is -0.507 e. The minimum atomic E-state index is -0.990. The van der Waals surface area contributed by atoms with E-state index in [1.165, 1.54) is 0 Å². The van der Waals surface area contributed by atoms with E-state index in [0.717, 1.165) is 5.56 Å². The maximum absolute atomic E-state index is 13.1. The molecule has 1 atom stereocenters. The van der Waals surface area contributed by atoms with Crippen LogP contribution >= 0.6 is 0 Å². The molecule has 0 bridgehead atoms. The Hall–Kier alpha value is -2.82. The molecular formula is C24H31NO4. The maximum Gasteiger partial charge on any atom is 0.305 e. The lowest BCUT2D eigenvalue weighted by molar-refractivity contribution is -0.137. The number of carbonyl (C=O) groups excluding carboxylic acids is 1. The molecule has 0 heterocycles. The van der Waals surface area contributed by atoms with Gasteiger partial charge in [0.25, 0.3) is 5.91 Å². The van der Waals surface area contributed by atoms with Gasteiger partial charge < -0.3 is 15.5 Å². The quantitative estimate of drug-likeness (QED) is 0.667. The van der Waals surface area contributed by atoms with Gasteiger partial charge in [-0.05, 0) is 28.5 Å². The number of aromatic hydroxyl groups is 1. The Morgan fingerprint density at radius 1 is 0.931 bits per heavy atom. The third kappa shape index (κ3) is 5.59. The third-order valence-electron chi connectivity index (χ3n) is 4.87. The van der Waals surface area contributed by atoms with Gasteiger partial charge in [0.15, 0.2) is 0 Å². The molecule has 0 saturated carbocycles. The Bertz CT molecular complexity index is 854. The van der Waals surface area contributed by atoms with Crippen molar-refractivity contribution in [2.45, 2.75) is 64.8 Å². The Morgan fingerprint density at radius 3 is 1.83 bits per heavy atom. The van der Waals surface area contributed by atoms with Crippen LogP contribution in [-0.4, -0.2) is 22.1 Å². The summed E-state index contributed by atoms with van der Waals surface area (Å²) in [6.45, 7) is 11.9. The molecule has 0 aliphatic heterocycles. The van der Waals surface area contributed by atoms with Crippen LogP contribution in [0.25, 0.3) is 0 Å². The SMILES string of the molecule is CC(C)(C)c1cc(C(=O)NC(CC(=O)O)c2ccccc2)cc(C(C)(C)C)c1O. The standard InChI is InChI=1S/C24H31NO4/c1-23(2,3)17-12-16(13-18(21(17)28)24(4,5)6)22(29)25-19(14-20(26)27)15-10-8-7-9-11-15/h7-13,19,28H,14H2,1-6H3,(H,25,29)(H,26,27). The summed E-state index contributed by atoms with van der Waals surface area (Å²) in [5.74, 6) is -1.15. The number of aliphatic carboxylic acids is 1. The van der Waals surface area contributed by atoms with Crippen LogP contribution in [0.4, 0.5) is 0 Å². The number of hydrogen-bond acceptors (Lipinski definition) is 3. The Morgan fingerprint density at radius 2 is 1.41 bits per heavy atom. The molecule has 0 aliphatic carbocycles. The van der Waals surface area contributed by atoms with E-state index in [2.05, 4.69) is 5.32 Å². The van der Waals surface area contributed by atoms with Gasteiger partial charge in [0.1, 0.15) is 5.75 Å². The first-order chi connectivity index (χ1) is 13.3. The second kappa shape index (κ2) is 8.27. The van der Waals surface area contributed by atoms with Gasteiger partial charge in [-0.25, -0.2) is 0 Å². The average molecular weight is 398 g/mol. The molecule has 3 N–H and O–H groups in total. The fourth-order valence-corrected chi connectivity index (χ4v) is 3.26. The zero-order chi connectivity index (χ0) is 22.0. The molecule has 0 fully saturated rings. The van der Waals surface area contributed by atoms with Crippen molar-refractivity contribution in [3.8, 4) is 5.75 Å². The fourth-order valence-electron chi connectivity index (χ4n) is 3.26. The Labute approximate surface area is 172 Å². The number of carboxylic acids is 1. The normalized spacial score (nSPS) is 13.0. The highest BCUT2D eigenvalue weighted by molar-refractivity contribution is 5.95. The largest absolute Gasteiger partial charge is 0.507 e. The van der Waals surface area contributed by atoms with Crippen LogP contribution < -0.4 is 5.32 Å². The topological polar surface area (TPSA) is 86.6 Å². The highest BCUT2D eigenvalue weighted by Gasteiger charge is 2.28. The summed E-state index contributed by atoms with van der Waals surface area (Å²) >= 11 is 0. The summed E-state index contributed by atoms with van der Waals surface area (Å²) in [4.78, 5) is 24.4. The van der Waals surface area contributed by atoms with E-state index in [1.54, 1.807) is 24.3 Å². The van der Waals surface area contributed by atoms with Crippen LogP contribution in [0, 0.1) is 0 Å². The van der Waals surface area contributed by atoms with Crippen molar-refractivity contribution >= 4 is 11.9 Å². The summed E-state index contributed by atoms with van der Waals surface area (Å²) in [6.07, 6.45) is -0.216. The van der Waals surface area contributed by atoms with E-state index in [1.807, 2.05) is 59.7 Å². The molecule has 0 aromatic heterocycles. The van der Waals surface area contributed by atoms with Crippen molar-refractivity contribution in [3.63, 3.8) is 0 Å². The smallest absolute Gasteiger partial charge is 0.305 e. The number of amides is 1. The molecule has 0 spiro atoms. The molecule has 2 aromatic rings. The van der Waals surface area contributed by atoms with Gasteiger partial charge >= 0.3 is 5.97 Å².